The Kier molecular flexibility index (Phi) is 6.24. The molecule has 1 aliphatic rings. The van der Waals surface area contributed by atoms with Gasteiger partial charge < -0.3 is 15.0 Å². The van der Waals surface area contributed by atoms with Gasteiger partial charge in [0.15, 0.2) is 0 Å². The van der Waals surface area contributed by atoms with E-state index < -0.39 is 0 Å². The molecule has 2 heterocycles. The van der Waals surface area contributed by atoms with Gasteiger partial charge in [-0.1, -0.05) is 32.0 Å². The first-order valence-corrected chi connectivity index (χ1v) is 9.87. The minimum atomic E-state index is 0.00419. The van der Waals surface area contributed by atoms with Crippen molar-refractivity contribution < 1.29 is 14.4 Å². The molecule has 1 atom stereocenters. The molecule has 3 rings (SSSR count). The molecule has 1 amide bonds. The van der Waals surface area contributed by atoms with Crippen LogP contribution in [-0.4, -0.2) is 38.8 Å². The highest BCUT2D eigenvalue weighted by Gasteiger charge is 2.27. The molecule has 0 radical (unpaired) electrons. The van der Waals surface area contributed by atoms with E-state index in [9.17, 15) is 4.79 Å². The fourth-order valence-corrected chi connectivity index (χ4v) is 4.12. The van der Waals surface area contributed by atoms with Gasteiger partial charge in [-0.15, -0.1) is 11.3 Å². The van der Waals surface area contributed by atoms with Crippen LogP contribution in [0, 0.1) is 0 Å². The van der Waals surface area contributed by atoms with E-state index in [-0.39, 0.29) is 5.91 Å². The summed E-state index contributed by atoms with van der Waals surface area (Å²) in [7, 11) is 0. The lowest BCUT2D eigenvalue weighted by Crippen LogP contribution is -3.15. The van der Waals surface area contributed by atoms with E-state index in [1.54, 1.807) is 11.3 Å². The number of morpholine rings is 1. The third-order valence-electron chi connectivity index (χ3n) is 4.82. The van der Waals surface area contributed by atoms with Crippen LogP contribution in [-0.2, 0) is 4.74 Å². The largest absolute Gasteiger partial charge is 0.370 e. The number of quaternary nitrogens is 1. The van der Waals surface area contributed by atoms with Crippen molar-refractivity contribution >= 4 is 17.2 Å². The van der Waals surface area contributed by atoms with Crippen LogP contribution < -0.4 is 10.2 Å². The molecule has 1 aliphatic heterocycles. The molecule has 25 heavy (non-hydrogen) atoms. The van der Waals surface area contributed by atoms with Gasteiger partial charge >= 0.3 is 0 Å². The number of hydrogen-bond donors (Lipinski definition) is 2. The average Bonchev–Trinajstić information content (AvgIpc) is 3.17. The maximum absolute atomic E-state index is 12.5. The molecular formula is C20H27N2O2S+. The van der Waals surface area contributed by atoms with E-state index >= 15 is 0 Å². The summed E-state index contributed by atoms with van der Waals surface area (Å²) in [5.41, 5.74) is 1.98. The van der Waals surface area contributed by atoms with Crippen molar-refractivity contribution in [1.82, 2.24) is 5.32 Å². The first kappa shape index (κ1) is 18.1. The average molecular weight is 360 g/mol. The third-order valence-corrected chi connectivity index (χ3v) is 5.81. The second-order valence-corrected chi connectivity index (χ2v) is 7.80. The first-order chi connectivity index (χ1) is 12.1. The second kappa shape index (κ2) is 8.61. The normalized spacial score (nSPS) is 16.8. The summed E-state index contributed by atoms with van der Waals surface area (Å²) in [5, 5.41) is 5.25. The van der Waals surface area contributed by atoms with E-state index in [0.717, 1.165) is 31.9 Å². The fourth-order valence-electron chi connectivity index (χ4n) is 3.23. The second-order valence-electron chi connectivity index (χ2n) is 6.83. The summed E-state index contributed by atoms with van der Waals surface area (Å²) in [6.07, 6.45) is 0. The highest BCUT2D eigenvalue weighted by atomic mass is 32.1. The highest BCUT2D eigenvalue weighted by molar-refractivity contribution is 7.10. The summed E-state index contributed by atoms with van der Waals surface area (Å²) in [6, 6.07) is 12.5. The van der Waals surface area contributed by atoms with Crippen LogP contribution in [0.15, 0.2) is 41.8 Å². The standard InChI is InChI=1S/C20H26N2O2S/c1-15(2)16-5-7-17(8-6-16)20(23)21-14-18(19-4-3-13-25-19)22-9-11-24-12-10-22/h3-8,13,15,18H,9-12,14H2,1-2H3,(H,21,23)/p+1/t18-/m0/s1. The van der Waals surface area contributed by atoms with Crippen LogP contribution in [0.25, 0.3) is 0 Å². The van der Waals surface area contributed by atoms with Crippen LogP contribution in [0.5, 0.6) is 0 Å². The minimum absolute atomic E-state index is 0.00419. The molecule has 0 saturated carbocycles. The maximum Gasteiger partial charge on any atom is 0.251 e. The van der Waals surface area contributed by atoms with Gasteiger partial charge in [0.05, 0.1) is 24.6 Å². The lowest BCUT2D eigenvalue weighted by Gasteiger charge is -2.31. The Balaban J connectivity index is 1.64. The Bertz CT molecular complexity index is 662. The van der Waals surface area contributed by atoms with E-state index in [2.05, 4.69) is 36.7 Å². The Morgan fingerprint density at radius 1 is 1.20 bits per heavy atom. The van der Waals surface area contributed by atoms with Crippen LogP contribution >= 0.6 is 11.3 Å². The summed E-state index contributed by atoms with van der Waals surface area (Å²) in [5.74, 6) is 0.481. The van der Waals surface area contributed by atoms with Gasteiger partial charge in [-0.25, -0.2) is 0 Å². The Hall–Kier alpha value is -1.69. The van der Waals surface area contributed by atoms with Crippen LogP contribution in [0.1, 0.15) is 46.6 Å². The molecule has 1 saturated heterocycles. The van der Waals surface area contributed by atoms with Gasteiger partial charge in [0.2, 0.25) is 0 Å². The maximum atomic E-state index is 12.5. The Morgan fingerprint density at radius 2 is 1.92 bits per heavy atom. The monoisotopic (exact) mass is 359 g/mol. The zero-order chi connectivity index (χ0) is 17.6. The lowest BCUT2D eigenvalue weighted by atomic mass is 10.0. The molecule has 1 fully saturated rings. The molecule has 4 nitrogen and oxygen atoms in total. The van der Waals surface area contributed by atoms with Gasteiger partial charge in [0.25, 0.3) is 5.91 Å². The number of rotatable bonds is 6. The number of hydrogen-bond acceptors (Lipinski definition) is 3. The van der Waals surface area contributed by atoms with Gasteiger partial charge in [-0.3, -0.25) is 4.79 Å². The Morgan fingerprint density at radius 3 is 2.52 bits per heavy atom. The van der Waals surface area contributed by atoms with E-state index in [1.165, 1.54) is 15.3 Å². The molecule has 1 aromatic heterocycles. The molecule has 0 aliphatic carbocycles. The zero-order valence-corrected chi connectivity index (χ0v) is 15.8. The van der Waals surface area contributed by atoms with Crippen molar-refractivity contribution in [3.05, 3.63) is 57.8 Å². The third kappa shape index (κ3) is 4.69. The number of benzene rings is 1. The van der Waals surface area contributed by atoms with Crippen molar-refractivity contribution in [3.8, 4) is 0 Å². The number of carbonyl (C=O) groups is 1. The van der Waals surface area contributed by atoms with Crippen LogP contribution in [0.4, 0.5) is 0 Å². The predicted molar refractivity (Wildman–Crippen MR) is 101 cm³/mol. The molecule has 2 aromatic rings. The summed E-state index contributed by atoms with van der Waals surface area (Å²) in [4.78, 5) is 15.4. The molecular weight excluding hydrogens is 332 g/mol. The van der Waals surface area contributed by atoms with Crippen molar-refractivity contribution in [1.29, 1.82) is 0 Å². The van der Waals surface area contributed by atoms with Gasteiger partial charge in [0.1, 0.15) is 19.1 Å². The van der Waals surface area contributed by atoms with Crippen molar-refractivity contribution in [2.24, 2.45) is 0 Å². The molecule has 5 heteroatoms. The summed E-state index contributed by atoms with van der Waals surface area (Å²) < 4.78 is 5.49. The lowest BCUT2D eigenvalue weighted by molar-refractivity contribution is -0.937. The predicted octanol–water partition coefficient (Wildman–Crippen LogP) is 2.26. The van der Waals surface area contributed by atoms with Crippen LogP contribution in [0.2, 0.25) is 0 Å². The van der Waals surface area contributed by atoms with Crippen molar-refractivity contribution in [3.63, 3.8) is 0 Å². The Labute approximate surface area is 153 Å². The smallest absolute Gasteiger partial charge is 0.251 e. The highest BCUT2D eigenvalue weighted by Crippen LogP contribution is 2.17. The summed E-state index contributed by atoms with van der Waals surface area (Å²) >= 11 is 1.76. The van der Waals surface area contributed by atoms with E-state index in [0.29, 0.717) is 18.5 Å². The molecule has 0 unspecified atom stereocenters. The van der Waals surface area contributed by atoms with E-state index in [4.69, 9.17) is 4.74 Å². The topological polar surface area (TPSA) is 42.8 Å². The number of carbonyl (C=O) groups excluding carboxylic acids is 1. The van der Waals surface area contributed by atoms with Gasteiger partial charge in [-0.05, 0) is 35.1 Å². The molecule has 1 aromatic carbocycles. The minimum Gasteiger partial charge on any atom is -0.370 e. The molecule has 2 N–H and O–H groups in total. The van der Waals surface area contributed by atoms with Crippen molar-refractivity contribution in [2.45, 2.75) is 25.8 Å². The SMILES string of the molecule is CC(C)c1ccc(C(=O)NC[C@@H](c2cccs2)[NH+]2CCOCC2)cc1. The fraction of sp³-hybridized carbons (Fsp3) is 0.450. The van der Waals surface area contributed by atoms with Gasteiger partial charge in [0, 0.05) is 5.56 Å². The molecule has 134 valence electrons. The quantitative estimate of drug-likeness (QED) is 0.831. The zero-order valence-electron chi connectivity index (χ0n) is 15.0. The first-order valence-electron chi connectivity index (χ1n) is 8.99. The van der Waals surface area contributed by atoms with Gasteiger partial charge in [-0.2, -0.15) is 0 Å². The number of amides is 1. The number of ether oxygens (including phenoxy) is 1. The van der Waals surface area contributed by atoms with E-state index in [1.807, 2.05) is 24.3 Å². The molecule has 0 spiro atoms. The number of thiophene rings is 1. The van der Waals surface area contributed by atoms with Crippen LogP contribution in [0.3, 0.4) is 0 Å². The summed E-state index contributed by atoms with van der Waals surface area (Å²) in [6.45, 7) is 8.53. The molecule has 0 bridgehead atoms. The number of nitrogens with one attached hydrogen (secondary N) is 2. The van der Waals surface area contributed by atoms with Crippen molar-refractivity contribution in [2.75, 3.05) is 32.8 Å².